The molecule has 1 unspecified atom stereocenters. The number of benzene rings is 2. The highest BCUT2D eigenvalue weighted by Gasteiger charge is 2.27. The maximum absolute atomic E-state index is 5.77. The summed E-state index contributed by atoms with van der Waals surface area (Å²) in [5.74, 6) is 0.393. The Hall–Kier alpha value is -2.06. The summed E-state index contributed by atoms with van der Waals surface area (Å²) in [6.45, 7) is 5.43. The molecule has 2 aromatic carbocycles. The molecule has 2 nitrogen and oxygen atoms in total. The third kappa shape index (κ3) is 2.07. The first-order valence-corrected chi connectivity index (χ1v) is 7.63. The largest absolute Gasteiger partial charge is 0.464 e. The lowest BCUT2D eigenvalue weighted by molar-refractivity contribution is 0.253. The third-order valence-corrected chi connectivity index (χ3v) is 4.60. The number of fused-ring (bicyclic) bond motifs is 2. The molecule has 0 bridgehead atoms. The molecule has 0 aliphatic carbocycles. The summed E-state index contributed by atoms with van der Waals surface area (Å²) >= 11 is 0. The normalized spacial score (nSPS) is 18.8. The van der Waals surface area contributed by atoms with Crippen LogP contribution in [0.2, 0.25) is 0 Å². The van der Waals surface area contributed by atoms with E-state index in [4.69, 9.17) is 4.42 Å². The Morgan fingerprint density at radius 3 is 2.81 bits per heavy atom. The van der Waals surface area contributed by atoms with Gasteiger partial charge < -0.3 is 4.42 Å². The Morgan fingerprint density at radius 1 is 1.05 bits per heavy atom. The van der Waals surface area contributed by atoms with Crippen molar-refractivity contribution in [2.24, 2.45) is 0 Å². The van der Waals surface area contributed by atoms with E-state index in [2.05, 4.69) is 54.3 Å². The molecule has 2 heteroatoms. The quantitative estimate of drug-likeness (QED) is 0.690. The van der Waals surface area contributed by atoms with Crippen molar-refractivity contribution in [3.05, 3.63) is 71.5 Å². The SMILES string of the molecule is CCN1Cc2ccccc2C(c2cccc3ccoc23)C1. The summed E-state index contributed by atoms with van der Waals surface area (Å²) < 4.78 is 5.77. The summed E-state index contributed by atoms with van der Waals surface area (Å²) in [6.07, 6.45) is 1.79. The molecule has 0 saturated carbocycles. The molecule has 1 atom stereocenters. The molecule has 2 heterocycles. The predicted molar refractivity (Wildman–Crippen MR) is 85.5 cm³/mol. The van der Waals surface area contributed by atoms with Crippen molar-refractivity contribution >= 4 is 11.0 Å². The van der Waals surface area contributed by atoms with Crippen LogP contribution in [0.15, 0.2) is 59.2 Å². The van der Waals surface area contributed by atoms with Crippen molar-refractivity contribution < 1.29 is 4.42 Å². The van der Waals surface area contributed by atoms with E-state index in [9.17, 15) is 0 Å². The van der Waals surface area contributed by atoms with Crippen molar-refractivity contribution in [3.63, 3.8) is 0 Å². The van der Waals surface area contributed by atoms with E-state index in [0.717, 1.165) is 25.2 Å². The number of furan rings is 1. The molecule has 21 heavy (non-hydrogen) atoms. The van der Waals surface area contributed by atoms with E-state index < -0.39 is 0 Å². The van der Waals surface area contributed by atoms with E-state index in [1.807, 2.05) is 6.07 Å². The zero-order chi connectivity index (χ0) is 14.2. The highest BCUT2D eigenvalue weighted by atomic mass is 16.3. The highest BCUT2D eigenvalue weighted by molar-refractivity contribution is 5.81. The molecule has 0 fully saturated rings. The van der Waals surface area contributed by atoms with Gasteiger partial charge >= 0.3 is 0 Å². The molecule has 0 spiro atoms. The minimum Gasteiger partial charge on any atom is -0.464 e. The molecular weight excluding hydrogens is 258 g/mol. The summed E-state index contributed by atoms with van der Waals surface area (Å²) in [5.41, 5.74) is 5.24. The Balaban J connectivity index is 1.89. The van der Waals surface area contributed by atoms with Crippen LogP contribution in [0.4, 0.5) is 0 Å². The van der Waals surface area contributed by atoms with Gasteiger partial charge in [-0.15, -0.1) is 0 Å². The number of para-hydroxylation sites is 1. The minimum atomic E-state index is 0.393. The number of rotatable bonds is 2. The molecule has 4 rings (SSSR count). The average molecular weight is 277 g/mol. The molecule has 1 aromatic heterocycles. The maximum atomic E-state index is 5.77. The molecule has 1 aliphatic heterocycles. The van der Waals surface area contributed by atoms with Crippen molar-refractivity contribution in [1.29, 1.82) is 0 Å². The van der Waals surface area contributed by atoms with Gasteiger partial charge in [-0.2, -0.15) is 0 Å². The van der Waals surface area contributed by atoms with Crippen LogP contribution in [0.3, 0.4) is 0 Å². The van der Waals surface area contributed by atoms with Crippen LogP contribution in [-0.4, -0.2) is 18.0 Å². The van der Waals surface area contributed by atoms with Crippen LogP contribution in [0.5, 0.6) is 0 Å². The summed E-state index contributed by atoms with van der Waals surface area (Å²) in [4.78, 5) is 2.51. The number of likely N-dealkylation sites (N-methyl/N-ethyl adjacent to an activating group) is 1. The van der Waals surface area contributed by atoms with Gasteiger partial charge in [-0.25, -0.2) is 0 Å². The first-order chi connectivity index (χ1) is 10.4. The van der Waals surface area contributed by atoms with Crippen LogP contribution in [0, 0.1) is 0 Å². The Morgan fingerprint density at radius 2 is 1.90 bits per heavy atom. The zero-order valence-corrected chi connectivity index (χ0v) is 12.3. The smallest absolute Gasteiger partial charge is 0.137 e. The van der Waals surface area contributed by atoms with Gasteiger partial charge in [-0.3, -0.25) is 4.90 Å². The number of hydrogen-bond donors (Lipinski definition) is 0. The van der Waals surface area contributed by atoms with Crippen LogP contribution in [0.1, 0.15) is 29.5 Å². The topological polar surface area (TPSA) is 16.4 Å². The van der Waals surface area contributed by atoms with Crippen molar-refractivity contribution in [2.45, 2.75) is 19.4 Å². The third-order valence-electron chi connectivity index (χ3n) is 4.60. The first-order valence-electron chi connectivity index (χ1n) is 7.63. The first kappa shape index (κ1) is 12.7. The van der Waals surface area contributed by atoms with Gasteiger partial charge in [0.15, 0.2) is 0 Å². The fourth-order valence-electron chi connectivity index (χ4n) is 3.48. The summed E-state index contributed by atoms with van der Waals surface area (Å²) in [6, 6.07) is 17.3. The van der Waals surface area contributed by atoms with E-state index in [1.165, 1.54) is 22.1 Å². The van der Waals surface area contributed by atoms with Crippen LogP contribution in [0.25, 0.3) is 11.0 Å². The van der Waals surface area contributed by atoms with E-state index in [-0.39, 0.29) is 0 Å². The molecular formula is C19H19NO. The van der Waals surface area contributed by atoms with Gasteiger partial charge in [-0.05, 0) is 23.7 Å². The van der Waals surface area contributed by atoms with Crippen LogP contribution < -0.4 is 0 Å². The summed E-state index contributed by atoms with van der Waals surface area (Å²) in [5, 5.41) is 1.19. The molecule has 3 aromatic rings. The number of hydrogen-bond acceptors (Lipinski definition) is 2. The number of nitrogens with zero attached hydrogens (tertiary/aromatic N) is 1. The molecule has 0 amide bonds. The molecule has 0 N–H and O–H groups in total. The van der Waals surface area contributed by atoms with Crippen LogP contribution >= 0.6 is 0 Å². The predicted octanol–water partition coefficient (Wildman–Crippen LogP) is 4.40. The van der Waals surface area contributed by atoms with Crippen molar-refractivity contribution in [3.8, 4) is 0 Å². The fourth-order valence-corrected chi connectivity index (χ4v) is 3.48. The van der Waals surface area contributed by atoms with E-state index in [1.54, 1.807) is 6.26 Å². The Bertz CT molecular complexity index is 774. The fraction of sp³-hybridized carbons (Fsp3) is 0.263. The van der Waals surface area contributed by atoms with Gasteiger partial charge in [0.05, 0.1) is 6.26 Å². The maximum Gasteiger partial charge on any atom is 0.137 e. The van der Waals surface area contributed by atoms with Crippen molar-refractivity contribution in [2.75, 3.05) is 13.1 Å². The minimum absolute atomic E-state index is 0.393. The lowest BCUT2D eigenvalue weighted by Crippen LogP contribution is -2.33. The molecule has 1 aliphatic rings. The van der Waals surface area contributed by atoms with Gasteiger partial charge in [0, 0.05) is 30.0 Å². The monoisotopic (exact) mass is 277 g/mol. The van der Waals surface area contributed by atoms with E-state index in [0.29, 0.717) is 5.92 Å². The zero-order valence-electron chi connectivity index (χ0n) is 12.3. The second kappa shape index (κ2) is 5.05. The average Bonchev–Trinajstić information content (AvgIpc) is 3.02. The highest BCUT2D eigenvalue weighted by Crippen LogP contribution is 2.36. The van der Waals surface area contributed by atoms with Gasteiger partial charge in [-0.1, -0.05) is 49.4 Å². The van der Waals surface area contributed by atoms with Gasteiger partial charge in [0.25, 0.3) is 0 Å². The Kier molecular flexibility index (Phi) is 3.04. The summed E-state index contributed by atoms with van der Waals surface area (Å²) in [7, 11) is 0. The second-order valence-electron chi connectivity index (χ2n) is 5.77. The van der Waals surface area contributed by atoms with Gasteiger partial charge in [0.1, 0.15) is 5.58 Å². The standard InChI is InChI=1S/C19H19NO/c1-2-20-12-15-6-3-4-8-16(15)18(13-20)17-9-5-7-14-10-11-21-19(14)17/h3-11,18H,2,12-13H2,1H3. The molecule has 106 valence electrons. The van der Waals surface area contributed by atoms with E-state index >= 15 is 0 Å². The second-order valence-corrected chi connectivity index (χ2v) is 5.77. The Labute approximate surface area is 125 Å². The van der Waals surface area contributed by atoms with Crippen LogP contribution in [-0.2, 0) is 6.54 Å². The lowest BCUT2D eigenvalue weighted by atomic mass is 9.84. The molecule has 0 saturated heterocycles. The lowest BCUT2D eigenvalue weighted by Gasteiger charge is -2.34. The van der Waals surface area contributed by atoms with Gasteiger partial charge in [0.2, 0.25) is 0 Å². The molecule has 0 radical (unpaired) electrons. The van der Waals surface area contributed by atoms with Crippen molar-refractivity contribution in [1.82, 2.24) is 4.90 Å².